The number of fused-ring (bicyclic) bond motifs is 1. The molecule has 0 N–H and O–H groups in total. The summed E-state index contributed by atoms with van der Waals surface area (Å²) in [5.41, 5.74) is 1.44. The second-order valence-electron chi connectivity index (χ2n) is 2.58. The van der Waals surface area contributed by atoms with Crippen LogP contribution in [0.5, 0.6) is 0 Å². The summed E-state index contributed by atoms with van der Waals surface area (Å²) >= 11 is 5.86. The summed E-state index contributed by atoms with van der Waals surface area (Å²) in [5, 5.41) is 8.22. The highest BCUT2D eigenvalue weighted by molar-refractivity contribution is 6.34. The minimum atomic E-state index is 0.545. The zero-order chi connectivity index (χ0) is 8.72. The van der Waals surface area contributed by atoms with Gasteiger partial charge in [0.15, 0.2) is 5.65 Å². The third-order valence-electron chi connectivity index (χ3n) is 1.84. The standard InChI is InChI=1S/C7H7ClN4/c1-4-10-6-5(8)3-9-11-7(6)12(4)2/h3H,1-2H3. The lowest BCUT2D eigenvalue weighted by atomic mass is 10.5. The quantitative estimate of drug-likeness (QED) is 0.617. The predicted octanol–water partition coefficient (Wildman–Crippen LogP) is 1.33. The van der Waals surface area contributed by atoms with Crippen LogP contribution >= 0.6 is 11.6 Å². The lowest BCUT2D eigenvalue weighted by Crippen LogP contribution is -1.93. The molecule has 0 aromatic carbocycles. The van der Waals surface area contributed by atoms with Crippen molar-refractivity contribution in [1.82, 2.24) is 19.7 Å². The van der Waals surface area contributed by atoms with E-state index in [9.17, 15) is 0 Å². The molecular weight excluding hydrogens is 176 g/mol. The fraction of sp³-hybridized carbons (Fsp3) is 0.286. The Hall–Kier alpha value is -1.16. The van der Waals surface area contributed by atoms with Crippen molar-refractivity contribution in [2.24, 2.45) is 7.05 Å². The van der Waals surface area contributed by atoms with Crippen LogP contribution in [0.1, 0.15) is 5.82 Å². The Kier molecular flexibility index (Phi) is 1.51. The van der Waals surface area contributed by atoms with Gasteiger partial charge in [-0.2, -0.15) is 5.10 Å². The van der Waals surface area contributed by atoms with Crippen molar-refractivity contribution in [3.05, 3.63) is 17.0 Å². The number of imidazole rings is 1. The van der Waals surface area contributed by atoms with E-state index in [4.69, 9.17) is 11.6 Å². The van der Waals surface area contributed by atoms with Gasteiger partial charge in [0.2, 0.25) is 0 Å². The van der Waals surface area contributed by atoms with Gasteiger partial charge in [-0.3, -0.25) is 0 Å². The van der Waals surface area contributed by atoms with Crippen LogP contribution in [0, 0.1) is 6.92 Å². The number of rotatable bonds is 0. The van der Waals surface area contributed by atoms with E-state index in [0.29, 0.717) is 10.5 Å². The Morgan fingerprint density at radius 3 is 2.92 bits per heavy atom. The van der Waals surface area contributed by atoms with Crippen LogP contribution in [-0.2, 0) is 7.05 Å². The highest BCUT2D eigenvalue weighted by Gasteiger charge is 2.08. The highest BCUT2D eigenvalue weighted by Crippen LogP contribution is 2.18. The van der Waals surface area contributed by atoms with Gasteiger partial charge in [0.25, 0.3) is 0 Å². The van der Waals surface area contributed by atoms with Crippen LogP contribution in [0.2, 0.25) is 5.02 Å². The maximum Gasteiger partial charge on any atom is 0.183 e. The van der Waals surface area contributed by atoms with Crippen molar-refractivity contribution in [2.45, 2.75) is 6.92 Å². The molecule has 2 rings (SSSR count). The fourth-order valence-electron chi connectivity index (χ4n) is 1.07. The molecule has 0 unspecified atom stereocenters. The van der Waals surface area contributed by atoms with Gasteiger partial charge >= 0.3 is 0 Å². The molecule has 2 aromatic heterocycles. The van der Waals surface area contributed by atoms with Crippen LogP contribution in [0.4, 0.5) is 0 Å². The van der Waals surface area contributed by atoms with E-state index in [1.54, 1.807) is 0 Å². The smallest absolute Gasteiger partial charge is 0.183 e. The van der Waals surface area contributed by atoms with Crippen LogP contribution in [-0.4, -0.2) is 19.7 Å². The normalized spacial score (nSPS) is 10.9. The Balaban J connectivity index is 2.95. The van der Waals surface area contributed by atoms with Crippen LogP contribution in [0.25, 0.3) is 11.2 Å². The average molecular weight is 183 g/mol. The number of hydrogen-bond acceptors (Lipinski definition) is 3. The highest BCUT2D eigenvalue weighted by atomic mass is 35.5. The van der Waals surface area contributed by atoms with Crippen molar-refractivity contribution in [3.8, 4) is 0 Å². The molecular formula is C7H7ClN4. The topological polar surface area (TPSA) is 43.6 Å². The van der Waals surface area contributed by atoms with Crippen molar-refractivity contribution in [3.63, 3.8) is 0 Å². The first-order chi connectivity index (χ1) is 5.70. The first-order valence-corrected chi connectivity index (χ1v) is 3.88. The molecule has 0 atom stereocenters. The van der Waals surface area contributed by atoms with E-state index >= 15 is 0 Å². The monoisotopic (exact) mass is 182 g/mol. The van der Waals surface area contributed by atoms with Crippen LogP contribution in [0.15, 0.2) is 6.20 Å². The zero-order valence-corrected chi connectivity index (χ0v) is 7.50. The second kappa shape index (κ2) is 2.42. The molecule has 0 aliphatic carbocycles. The molecule has 0 aliphatic rings. The van der Waals surface area contributed by atoms with Gasteiger partial charge in [0.05, 0.1) is 11.2 Å². The molecule has 2 aromatic rings. The summed E-state index contributed by atoms with van der Waals surface area (Å²) in [4.78, 5) is 4.24. The van der Waals surface area contributed by atoms with Crippen molar-refractivity contribution in [2.75, 3.05) is 0 Å². The molecule has 62 valence electrons. The second-order valence-corrected chi connectivity index (χ2v) is 2.99. The van der Waals surface area contributed by atoms with E-state index in [-0.39, 0.29) is 0 Å². The SMILES string of the molecule is Cc1nc2c(Cl)cnnc2n1C. The predicted molar refractivity (Wildman–Crippen MR) is 46.1 cm³/mol. The Bertz CT molecular complexity index is 434. The summed E-state index contributed by atoms with van der Waals surface area (Å²) < 4.78 is 1.86. The van der Waals surface area contributed by atoms with Gasteiger partial charge in [0, 0.05) is 7.05 Å². The van der Waals surface area contributed by atoms with E-state index in [1.165, 1.54) is 6.20 Å². The van der Waals surface area contributed by atoms with E-state index < -0.39 is 0 Å². The number of aromatic nitrogens is 4. The summed E-state index contributed by atoms with van der Waals surface area (Å²) in [6.07, 6.45) is 1.50. The van der Waals surface area contributed by atoms with Gasteiger partial charge in [-0.05, 0) is 6.92 Å². The van der Waals surface area contributed by atoms with Crippen molar-refractivity contribution >= 4 is 22.8 Å². The summed E-state index contributed by atoms with van der Waals surface area (Å²) in [7, 11) is 1.88. The third-order valence-corrected chi connectivity index (χ3v) is 2.11. The van der Waals surface area contributed by atoms with E-state index in [0.717, 1.165) is 11.5 Å². The molecule has 4 nitrogen and oxygen atoms in total. The minimum absolute atomic E-state index is 0.545. The molecule has 0 saturated heterocycles. The largest absolute Gasteiger partial charge is 0.315 e. The average Bonchev–Trinajstić information content (AvgIpc) is 2.32. The van der Waals surface area contributed by atoms with E-state index in [1.807, 2.05) is 18.5 Å². The molecule has 0 amide bonds. The van der Waals surface area contributed by atoms with Gasteiger partial charge in [0.1, 0.15) is 11.3 Å². The summed E-state index contributed by atoms with van der Waals surface area (Å²) in [6, 6.07) is 0. The minimum Gasteiger partial charge on any atom is -0.315 e. The zero-order valence-electron chi connectivity index (χ0n) is 6.74. The maximum atomic E-state index is 5.86. The molecule has 0 saturated carbocycles. The lowest BCUT2D eigenvalue weighted by molar-refractivity contribution is 0.860. The fourth-order valence-corrected chi connectivity index (χ4v) is 1.24. The molecule has 0 spiro atoms. The molecule has 12 heavy (non-hydrogen) atoms. The Labute approximate surface area is 74.2 Å². The number of aryl methyl sites for hydroxylation is 2. The molecule has 0 bridgehead atoms. The molecule has 5 heteroatoms. The Morgan fingerprint density at radius 1 is 1.50 bits per heavy atom. The van der Waals surface area contributed by atoms with Crippen molar-refractivity contribution in [1.29, 1.82) is 0 Å². The first-order valence-electron chi connectivity index (χ1n) is 3.50. The Morgan fingerprint density at radius 2 is 2.25 bits per heavy atom. The van der Waals surface area contributed by atoms with Gasteiger partial charge in [-0.15, -0.1) is 5.10 Å². The summed E-state index contributed by atoms with van der Waals surface area (Å²) in [6.45, 7) is 1.90. The van der Waals surface area contributed by atoms with Crippen LogP contribution < -0.4 is 0 Å². The molecule has 2 heterocycles. The third kappa shape index (κ3) is 0.881. The maximum absolute atomic E-state index is 5.86. The van der Waals surface area contributed by atoms with Gasteiger partial charge in [-0.1, -0.05) is 11.6 Å². The number of hydrogen-bond donors (Lipinski definition) is 0. The molecule has 0 aliphatic heterocycles. The summed E-state index contributed by atoms with van der Waals surface area (Å²) in [5.74, 6) is 0.882. The van der Waals surface area contributed by atoms with Gasteiger partial charge < -0.3 is 4.57 Å². The molecule has 0 fully saturated rings. The van der Waals surface area contributed by atoms with Crippen molar-refractivity contribution < 1.29 is 0 Å². The van der Waals surface area contributed by atoms with E-state index in [2.05, 4.69) is 15.2 Å². The number of nitrogens with zero attached hydrogens (tertiary/aromatic N) is 4. The number of halogens is 1. The van der Waals surface area contributed by atoms with Gasteiger partial charge in [-0.25, -0.2) is 4.98 Å². The lowest BCUT2D eigenvalue weighted by Gasteiger charge is -1.93. The first kappa shape index (κ1) is 7.49. The van der Waals surface area contributed by atoms with Crippen LogP contribution in [0.3, 0.4) is 0 Å². The molecule has 0 radical (unpaired) electrons.